The van der Waals surface area contributed by atoms with Gasteiger partial charge in [-0.15, -0.1) is 0 Å². The van der Waals surface area contributed by atoms with Crippen molar-refractivity contribution < 1.29 is 23.5 Å². The number of carbonyl (C=O) groups is 2. The molecule has 1 unspecified atom stereocenters. The summed E-state index contributed by atoms with van der Waals surface area (Å²) in [6.45, 7) is 3.38. The molecule has 0 radical (unpaired) electrons. The molecule has 1 aromatic rings. The topological polar surface area (TPSA) is 66.4 Å². The average Bonchev–Trinajstić information content (AvgIpc) is 2.46. The number of benzene rings is 1. The third-order valence-corrected chi connectivity index (χ3v) is 3.74. The molecule has 0 fully saturated rings. The number of aliphatic carboxylic acids is 1. The fraction of sp³-hybridized carbons (Fsp3) is 0.529. The van der Waals surface area contributed by atoms with Crippen LogP contribution in [0.5, 0.6) is 0 Å². The lowest BCUT2D eigenvalue weighted by molar-refractivity contribution is -0.144. The molecule has 0 saturated carbocycles. The van der Waals surface area contributed by atoms with Crippen molar-refractivity contribution in [1.82, 2.24) is 5.32 Å². The number of nitrogens with one attached hydrogen (secondary N) is 1. The first-order valence-electron chi connectivity index (χ1n) is 7.58. The molecule has 0 saturated heterocycles. The van der Waals surface area contributed by atoms with Crippen molar-refractivity contribution in [3.05, 3.63) is 35.9 Å². The molecule has 23 heavy (non-hydrogen) atoms. The van der Waals surface area contributed by atoms with Gasteiger partial charge >= 0.3 is 5.97 Å². The molecule has 0 aliphatic carbocycles. The number of hydrogen-bond acceptors (Lipinski definition) is 2. The number of carbonyl (C=O) groups excluding carboxylic acids is 1. The SMILES string of the molecule is CC(C)(CCCc1ccccc1)C(=O)NC(CC(F)F)C(=O)O. The second-order valence-corrected chi connectivity index (χ2v) is 6.21. The summed E-state index contributed by atoms with van der Waals surface area (Å²) in [7, 11) is 0. The molecule has 1 atom stereocenters. The minimum Gasteiger partial charge on any atom is -0.480 e. The van der Waals surface area contributed by atoms with E-state index in [4.69, 9.17) is 5.11 Å². The van der Waals surface area contributed by atoms with Gasteiger partial charge in [0.25, 0.3) is 0 Å². The third kappa shape index (κ3) is 6.76. The van der Waals surface area contributed by atoms with Crippen molar-refractivity contribution in [2.75, 3.05) is 0 Å². The smallest absolute Gasteiger partial charge is 0.326 e. The van der Waals surface area contributed by atoms with Crippen LogP contribution < -0.4 is 5.32 Å². The quantitative estimate of drug-likeness (QED) is 0.731. The van der Waals surface area contributed by atoms with Crippen molar-refractivity contribution in [1.29, 1.82) is 0 Å². The summed E-state index contributed by atoms with van der Waals surface area (Å²) in [5, 5.41) is 11.1. The molecule has 1 amide bonds. The van der Waals surface area contributed by atoms with Crippen LogP contribution >= 0.6 is 0 Å². The molecule has 2 N–H and O–H groups in total. The fourth-order valence-corrected chi connectivity index (χ4v) is 2.25. The van der Waals surface area contributed by atoms with Gasteiger partial charge in [-0.3, -0.25) is 4.79 Å². The van der Waals surface area contributed by atoms with E-state index in [9.17, 15) is 18.4 Å². The van der Waals surface area contributed by atoms with Gasteiger partial charge in [0.1, 0.15) is 6.04 Å². The normalized spacial score (nSPS) is 12.9. The van der Waals surface area contributed by atoms with E-state index in [-0.39, 0.29) is 0 Å². The Morgan fingerprint density at radius 3 is 2.35 bits per heavy atom. The van der Waals surface area contributed by atoms with Gasteiger partial charge in [-0.05, 0) is 24.8 Å². The lowest BCUT2D eigenvalue weighted by Crippen LogP contribution is -2.47. The molecule has 4 nitrogen and oxygen atoms in total. The van der Waals surface area contributed by atoms with Crippen molar-refractivity contribution in [2.24, 2.45) is 5.41 Å². The van der Waals surface area contributed by atoms with E-state index in [0.29, 0.717) is 6.42 Å². The Kier molecular flexibility index (Phi) is 7.13. The predicted molar refractivity (Wildman–Crippen MR) is 83.3 cm³/mol. The highest BCUT2D eigenvalue weighted by Crippen LogP contribution is 2.24. The van der Waals surface area contributed by atoms with E-state index >= 15 is 0 Å². The maximum atomic E-state index is 12.4. The van der Waals surface area contributed by atoms with Crippen LogP contribution in [0.1, 0.15) is 38.7 Å². The van der Waals surface area contributed by atoms with E-state index in [1.165, 1.54) is 0 Å². The van der Waals surface area contributed by atoms with Crippen LogP contribution in [-0.2, 0) is 16.0 Å². The first-order valence-corrected chi connectivity index (χ1v) is 7.58. The van der Waals surface area contributed by atoms with Crippen LogP contribution in [0, 0.1) is 5.41 Å². The van der Waals surface area contributed by atoms with Crippen LogP contribution in [0.4, 0.5) is 8.78 Å². The van der Waals surface area contributed by atoms with Crippen LogP contribution in [0.15, 0.2) is 30.3 Å². The molecular weight excluding hydrogens is 304 g/mol. The van der Waals surface area contributed by atoms with Crippen LogP contribution in [0.25, 0.3) is 0 Å². The van der Waals surface area contributed by atoms with Crippen molar-refractivity contribution in [3.8, 4) is 0 Å². The number of rotatable bonds is 9. The summed E-state index contributed by atoms with van der Waals surface area (Å²) < 4.78 is 24.7. The van der Waals surface area contributed by atoms with Crippen molar-refractivity contribution in [2.45, 2.75) is 52.0 Å². The zero-order chi connectivity index (χ0) is 17.5. The number of carboxylic acids is 1. The Bertz CT molecular complexity index is 518. The number of halogens is 2. The molecule has 0 heterocycles. The second kappa shape index (κ2) is 8.60. The lowest BCUT2D eigenvalue weighted by Gasteiger charge is -2.26. The first kappa shape index (κ1) is 19.1. The summed E-state index contributed by atoms with van der Waals surface area (Å²) in [6, 6.07) is 8.24. The van der Waals surface area contributed by atoms with E-state index in [0.717, 1.165) is 18.4 Å². The zero-order valence-electron chi connectivity index (χ0n) is 13.4. The lowest BCUT2D eigenvalue weighted by atomic mass is 9.85. The van der Waals surface area contributed by atoms with E-state index in [1.807, 2.05) is 30.3 Å². The van der Waals surface area contributed by atoms with Crippen molar-refractivity contribution >= 4 is 11.9 Å². The average molecular weight is 327 g/mol. The molecule has 128 valence electrons. The molecule has 0 aliphatic heterocycles. The van der Waals surface area contributed by atoms with Gasteiger partial charge in [0, 0.05) is 11.8 Å². The van der Waals surface area contributed by atoms with Gasteiger partial charge in [-0.25, -0.2) is 13.6 Å². The standard InChI is InChI=1S/C17H23F2NO3/c1-17(2,10-6-9-12-7-4-3-5-8-12)16(23)20-13(15(21)22)11-14(18)19/h3-5,7-8,13-14H,6,9-11H2,1-2H3,(H,20,23)(H,21,22). The van der Waals surface area contributed by atoms with Gasteiger partial charge in [0.2, 0.25) is 12.3 Å². The van der Waals surface area contributed by atoms with Gasteiger partial charge in [0.05, 0.1) is 0 Å². The Labute approximate surface area is 134 Å². The van der Waals surface area contributed by atoms with E-state index in [1.54, 1.807) is 13.8 Å². The molecule has 0 aliphatic rings. The Hall–Kier alpha value is -1.98. The first-order chi connectivity index (χ1) is 10.7. The number of amides is 1. The number of alkyl halides is 2. The Balaban J connectivity index is 2.53. The third-order valence-electron chi connectivity index (χ3n) is 3.74. The van der Waals surface area contributed by atoms with Gasteiger partial charge < -0.3 is 10.4 Å². The molecule has 6 heteroatoms. The zero-order valence-corrected chi connectivity index (χ0v) is 13.4. The summed E-state index contributed by atoms with van der Waals surface area (Å²) in [5.74, 6) is -1.96. The maximum Gasteiger partial charge on any atom is 0.326 e. The highest BCUT2D eigenvalue weighted by Gasteiger charge is 2.32. The van der Waals surface area contributed by atoms with Gasteiger partial charge in [-0.1, -0.05) is 44.2 Å². The molecule has 1 rings (SSSR count). The minimum absolute atomic E-state index is 0.515. The second-order valence-electron chi connectivity index (χ2n) is 6.21. The number of hydrogen-bond donors (Lipinski definition) is 2. The van der Waals surface area contributed by atoms with Crippen LogP contribution in [0.3, 0.4) is 0 Å². The summed E-state index contributed by atoms with van der Waals surface area (Å²) >= 11 is 0. The summed E-state index contributed by atoms with van der Waals surface area (Å²) in [4.78, 5) is 23.1. The molecular formula is C17H23F2NO3. The van der Waals surface area contributed by atoms with E-state index in [2.05, 4.69) is 5.32 Å². The van der Waals surface area contributed by atoms with Gasteiger partial charge in [0.15, 0.2) is 0 Å². The molecule has 0 aromatic heterocycles. The van der Waals surface area contributed by atoms with Crippen molar-refractivity contribution in [3.63, 3.8) is 0 Å². The predicted octanol–water partition coefficient (Wildman–Crippen LogP) is 3.26. The maximum absolute atomic E-state index is 12.4. The van der Waals surface area contributed by atoms with E-state index < -0.39 is 36.2 Å². The van der Waals surface area contributed by atoms with Crippen LogP contribution in [-0.4, -0.2) is 29.5 Å². The summed E-state index contributed by atoms with van der Waals surface area (Å²) in [5.41, 5.74) is 0.342. The molecule has 0 bridgehead atoms. The highest BCUT2D eigenvalue weighted by atomic mass is 19.3. The number of aryl methyl sites for hydroxylation is 1. The summed E-state index contributed by atoms with van der Waals surface area (Å²) in [6.07, 6.45) is -1.58. The number of carboxylic acid groups (broad SMARTS) is 1. The highest BCUT2D eigenvalue weighted by molar-refractivity contribution is 5.86. The minimum atomic E-state index is -2.78. The Morgan fingerprint density at radius 2 is 1.83 bits per heavy atom. The van der Waals surface area contributed by atoms with Crippen LogP contribution in [0.2, 0.25) is 0 Å². The monoisotopic (exact) mass is 327 g/mol. The largest absolute Gasteiger partial charge is 0.480 e. The fourth-order valence-electron chi connectivity index (χ4n) is 2.25. The molecule has 1 aromatic carbocycles. The Morgan fingerprint density at radius 1 is 1.22 bits per heavy atom. The molecule has 0 spiro atoms. The van der Waals surface area contributed by atoms with Gasteiger partial charge in [-0.2, -0.15) is 0 Å².